The Kier molecular flexibility index (Phi) is 3.82. The normalized spacial score (nSPS) is 11.0. The molecule has 0 radical (unpaired) electrons. The largest absolute Gasteiger partial charge is 0.420 e. The molecule has 3 rings (SSSR count). The number of carbonyl (C=O) groups excluding carboxylic acids is 1. The Morgan fingerprint density at radius 3 is 2.78 bits per heavy atom. The van der Waals surface area contributed by atoms with Crippen molar-refractivity contribution in [1.82, 2.24) is 4.98 Å². The number of ketones is 1. The summed E-state index contributed by atoms with van der Waals surface area (Å²) < 4.78 is 33.3. The number of hydrogen-bond donors (Lipinski definition) is 1. The molecule has 0 bridgehead atoms. The standard InChI is InChI=1S/C17H14F2N2O2/c1-9(22)8-11-6-7-14-16(15(11)19)23-17(21-14)20-13-5-3-4-12(18)10(13)2/h3-7H,8H2,1-2H3,(H,20,21). The summed E-state index contributed by atoms with van der Waals surface area (Å²) in [6, 6.07) is 7.74. The first-order chi connectivity index (χ1) is 11.0. The number of carbonyl (C=O) groups is 1. The van der Waals surface area contributed by atoms with Crippen molar-refractivity contribution in [2.75, 3.05) is 5.32 Å². The number of aromatic nitrogens is 1. The molecule has 0 aliphatic rings. The average Bonchev–Trinajstić information content (AvgIpc) is 2.90. The van der Waals surface area contributed by atoms with Crippen LogP contribution < -0.4 is 5.32 Å². The average molecular weight is 316 g/mol. The van der Waals surface area contributed by atoms with Crippen molar-refractivity contribution in [3.05, 3.63) is 53.1 Å². The van der Waals surface area contributed by atoms with E-state index in [1.165, 1.54) is 19.1 Å². The minimum Gasteiger partial charge on any atom is -0.420 e. The highest BCUT2D eigenvalue weighted by Crippen LogP contribution is 2.28. The molecule has 0 saturated heterocycles. The van der Waals surface area contributed by atoms with Crippen LogP contribution >= 0.6 is 0 Å². The summed E-state index contributed by atoms with van der Waals surface area (Å²) in [6.45, 7) is 3.01. The summed E-state index contributed by atoms with van der Waals surface area (Å²) in [5.41, 5.74) is 1.45. The van der Waals surface area contributed by atoms with Crippen LogP contribution in [0.1, 0.15) is 18.1 Å². The van der Waals surface area contributed by atoms with Crippen LogP contribution in [0.5, 0.6) is 0 Å². The SMILES string of the molecule is CC(=O)Cc1ccc2nc(Nc3cccc(F)c3C)oc2c1F. The molecule has 0 unspecified atom stereocenters. The lowest BCUT2D eigenvalue weighted by Crippen LogP contribution is -1.99. The minimum absolute atomic E-state index is 0.00571. The van der Waals surface area contributed by atoms with Crippen LogP contribution in [0, 0.1) is 18.6 Å². The predicted octanol–water partition coefficient (Wildman–Crippen LogP) is 4.29. The summed E-state index contributed by atoms with van der Waals surface area (Å²) in [6.07, 6.45) is -0.00571. The highest BCUT2D eigenvalue weighted by molar-refractivity contribution is 5.82. The fourth-order valence-electron chi connectivity index (χ4n) is 2.32. The zero-order chi connectivity index (χ0) is 16.6. The molecule has 1 N–H and O–H groups in total. The van der Waals surface area contributed by atoms with Crippen molar-refractivity contribution >= 4 is 28.6 Å². The van der Waals surface area contributed by atoms with E-state index in [4.69, 9.17) is 4.42 Å². The first-order valence-corrected chi connectivity index (χ1v) is 7.05. The van der Waals surface area contributed by atoms with E-state index in [9.17, 15) is 13.6 Å². The van der Waals surface area contributed by atoms with E-state index in [0.29, 0.717) is 16.8 Å². The fourth-order valence-corrected chi connectivity index (χ4v) is 2.32. The van der Waals surface area contributed by atoms with Crippen LogP contribution in [0.25, 0.3) is 11.1 Å². The van der Waals surface area contributed by atoms with Crippen molar-refractivity contribution in [3.8, 4) is 0 Å². The molecule has 118 valence electrons. The van der Waals surface area contributed by atoms with Gasteiger partial charge in [-0.15, -0.1) is 0 Å². The van der Waals surface area contributed by atoms with Crippen molar-refractivity contribution < 1.29 is 18.0 Å². The van der Waals surface area contributed by atoms with Crippen LogP contribution in [0.4, 0.5) is 20.5 Å². The molecule has 0 atom stereocenters. The molecule has 0 aliphatic carbocycles. The summed E-state index contributed by atoms with van der Waals surface area (Å²) in [4.78, 5) is 15.3. The van der Waals surface area contributed by atoms with E-state index in [-0.39, 0.29) is 35.2 Å². The molecule has 2 aromatic carbocycles. The third kappa shape index (κ3) is 2.92. The number of oxazole rings is 1. The molecular weight excluding hydrogens is 302 g/mol. The van der Waals surface area contributed by atoms with E-state index >= 15 is 0 Å². The number of halogens is 2. The number of rotatable bonds is 4. The molecule has 23 heavy (non-hydrogen) atoms. The zero-order valence-corrected chi connectivity index (χ0v) is 12.6. The molecule has 1 aromatic heterocycles. The molecule has 3 aromatic rings. The molecule has 1 heterocycles. The molecule has 0 spiro atoms. The van der Waals surface area contributed by atoms with Gasteiger partial charge in [-0.25, -0.2) is 8.78 Å². The van der Waals surface area contributed by atoms with Gasteiger partial charge in [0.2, 0.25) is 0 Å². The van der Waals surface area contributed by atoms with Gasteiger partial charge in [-0.2, -0.15) is 4.98 Å². The number of Topliss-reactive ketones (excluding diaryl/α,β-unsaturated/α-hetero) is 1. The third-order valence-electron chi connectivity index (χ3n) is 3.53. The van der Waals surface area contributed by atoms with Gasteiger partial charge in [0, 0.05) is 17.7 Å². The van der Waals surface area contributed by atoms with Crippen molar-refractivity contribution in [2.24, 2.45) is 0 Å². The molecular formula is C17H14F2N2O2. The number of benzene rings is 2. The molecule has 4 nitrogen and oxygen atoms in total. The Balaban J connectivity index is 1.98. The zero-order valence-electron chi connectivity index (χ0n) is 12.6. The van der Waals surface area contributed by atoms with Gasteiger partial charge in [0.1, 0.15) is 17.1 Å². The lowest BCUT2D eigenvalue weighted by Gasteiger charge is -2.05. The van der Waals surface area contributed by atoms with Gasteiger partial charge in [-0.05, 0) is 37.6 Å². The van der Waals surface area contributed by atoms with Gasteiger partial charge in [0.15, 0.2) is 11.4 Å². The topological polar surface area (TPSA) is 55.1 Å². The van der Waals surface area contributed by atoms with E-state index in [1.807, 2.05) is 0 Å². The van der Waals surface area contributed by atoms with Gasteiger partial charge >= 0.3 is 0 Å². The maximum absolute atomic E-state index is 14.4. The van der Waals surface area contributed by atoms with Crippen LogP contribution in [0.3, 0.4) is 0 Å². The van der Waals surface area contributed by atoms with Crippen LogP contribution in [-0.4, -0.2) is 10.8 Å². The van der Waals surface area contributed by atoms with E-state index in [1.54, 1.807) is 25.1 Å². The number of hydrogen-bond acceptors (Lipinski definition) is 4. The first kappa shape index (κ1) is 15.1. The van der Waals surface area contributed by atoms with Crippen molar-refractivity contribution in [1.29, 1.82) is 0 Å². The Labute approximate surface area is 131 Å². The number of nitrogens with one attached hydrogen (secondary N) is 1. The van der Waals surface area contributed by atoms with Crippen LogP contribution in [0.15, 0.2) is 34.7 Å². The summed E-state index contributed by atoms with van der Waals surface area (Å²) >= 11 is 0. The van der Waals surface area contributed by atoms with Gasteiger partial charge in [0.25, 0.3) is 6.01 Å². The van der Waals surface area contributed by atoms with E-state index < -0.39 is 5.82 Å². The molecule has 0 saturated carbocycles. The number of nitrogens with zero attached hydrogens (tertiary/aromatic N) is 1. The summed E-state index contributed by atoms with van der Waals surface area (Å²) in [5.74, 6) is -1.10. The van der Waals surface area contributed by atoms with Gasteiger partial charge in [-0.3, -0.25) is 4.79 Å². The smallest absolute Gasteiger partial charge is 0.300 e. The van der Waals surface area contributed by atoms with E-state index in [0.717, 1.165) is 0 Å². The predicted molar refractivity (Wildman–Crippen MR) is 82.8 cm³/mol. The second-order valence-electron chi connectivity index (χ2n) is 5.32. The highest BCUT2D eigenvalue weighted by atomic mass is 19.1. The van der Waals surface area contributed by atoms with E-state index in [2.05, 4.69) is 10.3 Å². The highest BCUT2D eigenvalue weighted by Gasteiger charge is 2.16. The van der Waals surface area contributed by atoms with Crippen LogP contribution in [0.2, 0.25) is 0 Å². The number of fused-ring (bicyclic) bond motifs is 1. The molecule has 6 heteroatoms. The first-order valence-electron chi connectivity index (χ1n) is 7.05. The number of anilines is 2. The maximum atomic E-state index is 14.4. The summed E-state index contributed by atoms with van der Waals surface area (Å²) in [5, 5.41) is 2.84. The fraction of sp³-hybridized carbons (Fsp3) is 0.176. The maximum Gasteiger partial charge on any atom is 0.300 e. The lowest BCUT2D eigenvalue weighted by atomic mass is 10.1. The molecule has 0 aliphatic heterocycles. The van der Waals surface area contributed by atoms with Crippen molar-refractivity contribution in [2.45, 2.75) is 20.3 Å². The Hall–Kier alpha value is -2.76. The monoisotopic (exact) mass is 316 g/mol. The second-order valence-corrected chi connectivity index (χ2v) is 5.32. The Morgan fingerprint density at radius 2 is 2.04 bits per heavy atom. The van der Waals surface area contributed by atoms with Gasteiger partial charge in [0.05, 0.1) is 0 Å². The van der Waals surface area contributed by atoms with Gasteiger partial charge in [-0.1, -0.05) is 12.1 Å². The van der Waals surface area contributed by atoms with Crippen molar-refractivity contribution in [3.63, 3.8) is 0 Å². The minimum atomic E-state index is -0.603. The quantitative estimate of drug-likeness (QED) is 0.780. The third-order valence-corrected chi connectivity index (χ3v) is 3.53. The molecule has 0 fully saturated rings. The summed E-state index contributed by atoms with van der Waals surface area (Å²) in [7, 11) is 0. The molecule has 0 amide bonds. The van der Waals surface area contributed by atoms with Gasteiger partial charge < -0.3 is 9.73 Å². The second kappa shape index (κ2) is 5.79. The van der Waals surface area contributed by atoms with Crippen LogP contribution in [-0.2, 0) is 11.2 Å². The Bertz CT molecular complexity index is 903. The lowest BCUT2D eigenvalue weighted by molar-refractivity contribution is -0.116. The Morgan fingerprint density at radius 1 is 1.26 bits per heavy atom.